The Morgan fingerprint density at radius 1 is 1.03 bits per heavy atom. The molecule has 0 bridgehead atoms. The molecule has 0 saturated carbocycles. The Morgan fingerprint density at radius 2 is 1.69 bits per heavy atom. The summed E-state index contributed by atoms with van der Waals surface area (Å²) in [6.07, 6.45) is 8.55. The zero-order valence-electron chi connectivity index (χ0n) is 17.5. The van der Waals surface area contributed by atoms with E-state index in [0.29, 0.717) is 0 Å². The molecule has 0 radical (unpaired) electrons. The highest BCUT2D eigenvalue weighted by atomic mass is 19.1. The smallest absolute Gasteiger partial charge is 0.225 e. The minimum atomic E-state index is -0.429. The van der Waals surface area contributed by atoms with Crippen LogP contribution < -0.4 is 5.32 Å². The maximum atomic E-state index is 13.3. The van der Waals surface area contributed by atoms with E-state index in [9.17, 15) is 14.0 Å². The number of hydrogen-bond donors (Lipinski definition) is 1. The van der Waals surface area contributed by atoms with Crippen molar-refractivity contribution < 1.29 is 14.0 Å². The average Bonchev–Trinajstić information content (AvgIpc) is 2.97. The Hall–Kier alpha value is -1.95. The van der Waals surface area contributed by atoms with Crippen LogP contribution in [0.1, 0.15) is 69.9 Å². The molecule has 2 atom stereocenters. The minimum absolute atomic E-state index is 0.0765. The maximum Gasteiger partial charge on any atom is 0.225 e. The third kappa shape index (κ3) is 6.53. The number of piperidine rings is 1. The number of amides is 2. The highest BCUT2D eigenvalue weighted by molar-refractivity contribution is 5.79. The Kier molecular flexibility index (Phi) is 8.04. The topological polar surface area (TPSA) is 52.7 Å². The van der Waals surface area contributed by atoms with Crippen LogP contribution in [0.4, 0.5) is 4.39 Å². The zero-order valence-corrected chi connectivity index (χ0v) is 17.5. The fraction of sp³-hybridized carbons (Fsp3) is 0.652. The number of likely N-dealkylation sites (tertiary alicyclic amines) is 2. The predicted octanol–water partition coefficient (Wildman–Crippen LogP) is 3.65. The lowest BCUT2D eigenvalue weighted by atomic mass is 9.98. The second-order valence-electron chi connectivity index (χ2n) is 8.46. The standard InChI is InChI=1S/C23H34FN3O2/c1-18(28)25-22(19-9-11-20(24)12-10-19)16-23(29)27-15-7-4-8-21(27)17-26-13-5-2-3-6-14-26/h9-12,21-22H,2-8,13-17H2,1H3,(H,25,28)/t21-,22+/m0/s1. The van der Waals surface area contributed by atoms with E-state index in [1.54, 1.807) is 12.1 Å². The molecule has 0 spiro atoms. The summed E-state index contributed by atoms with van der Waals surface area (Å²) in [7, 11) is 0. The summed E-state index contributed by atoms with van der Waals surface area (Å²) in [4.78, 5) is 29.5. The highest BCUT2D eigenvalue weighted by Crippen LogP contribution is 2.24. The van der Waals surface area contributed by atoms with E-state index in [1.807, 2.05) is 4.90 Å². The number of halogens is 1. The molecule has 2 fully saturated rings. The number of carbonyl (C=O) groups excluding carboxylic acids is 2. The quantitative estimate of drug-likeness (QED) is 0.789. The number of rotatable bonds is 6. The van der Waals surface area contributed by atoms with Gasteiger partial charge in [0.2, 0.25) is 11.8 Å². The lowest BCUT2D eigenvalue weighted by Crippen LogP contribution is -2.50. The van der Waals surface area contributed by atoms with Gasteiger partial charge in [0.25, 0.3) is 0 Å². The van der Waals surface area contributed by atoms with Gasteiger partial charge in [-0.2, -0.15) is 0 Å². The molecular weight excluding hydrogens is 369 g/mol. The molecule has 1 aromatic rings. The minimum Gasteiger partial charge on any atom is -0.349 e. The Balaban J connectivity index is 1.67. The van der Waals surface area contributed by atoms with Gasteiger partial charge in [0.05, 0.1) is 12.5 Å². The highest BCUT2D eigenvalue weighted by Gasteiger charge is 2.30. The van der Waals surface area contributed by atoms with Crippen LogP contribution in [-0.4, -0.2) is 53.8 Å². The largest absolute Gasteiger partial charge is 0.349 e. The van der Waals surface area contributed by atoms with Crippen molar-refractivity contribution >= 4 is 11.8 Å². The van der Waals surface area contributed by atoms with Crippen LogP contribution in [0.3, 0.4) is 0 Å². The van der Waals surface area contributed by atoms with E-state index in [1.165, 1.54) is 44.7 Å². The van der Waals surface area contributed by atoms with Crippen LogP contribution in [-0.2, 0) is 9.59 Å². The van der Waals surface area contributed by atoms with Crippen LogP contribution >= 0.6 is 0 Å². The Labute approximate surface area is 173 Å². The summed E-state index contributed by atoms with van der Waals surface area (Å²) < 4.78 is 13.3. The van der Waals surface area contributed by atoms with Gasteiger partial charge in [0.15, 0.2) is 0 Å². The number of hydrogen-bond acceptors (Lipinski definition) is 3. The molecule has 3 rings (SSSR count). The van der Waals surface area contributed by atoms with Gasteiger partial charge in [-0.15, -0.1) is 0 Å². The Morgan fingerprint density at radius 3 is 2.34 bits per heavy atom. The molecule has 6 heteroatoms. The Bertz CT molecular complexity index is 671. The molecule has 0 aliphatic carbocycles. The van der Waals surface area contributed by atoms with E-state index in [0.717, 1.165) is 51.0 Å². The summed E-state index contributed by atoms with van der Waals surface area (Å²) in [6, 6.07) is 5.86. The van der Waals surface area contributed by atoms with Crippen molar-refractivity contribution in [3.8, 4) is 0 Å². The van der Waals surface area contributed by atoms with Gasteiger partial charge in [-0.05, 0) is 62.9 Å². The van der Waals surface area contributed by atoms with E-state index in [-0.39, 0.29) is 30.1 Å². The third-order valence-electron chi connectivity index (χ3n) is 6.14. The summed E-state index contributed by atoms with van der Waals surface area (Å²) in [5, 5.41) is 2.87. The molecule has 1 N–H and O–H groups in total. The first-order valence-electron chi connectivity index (χ1n) is 11.1. The molecule has 160 valence electrons. The normalized spacial score (nSPS) is 22.0. The molecule has 29 heavy (non-hydrogen) atoms. The SMILES string of the molecule is CC(=O)N[C@H](CC(=O)N1CCCC[C@H]1CN1CCCCCC1)c1ccc(F)cc1. The van der Waals surface area contributed by atoms with Crippen molar-refractivity contribution in [1.82, 2.24) is 15.1 Å². The van der Waals surface area contributed by atoms with Crippen molar-refractivity contribution in [2.24, 2.45) is 0 Å². The van der Waals surface area contributed by atoms with Gasteiger partial charge in [0, 0.05) is 26.1 Å². The summed E-state index contributed by atoms with van der Waals surface area (Å²) >= 11 is 0. The van der Waals surface area contributed by atoms with Gasteiger partial charge >= 0.3 is 0 Å². The summed E-state index contributed by atoms with van der Waals surface area (Å²) in [6.45, 7) is 5.44. The molecule has 1 aromatic carbocycles. The van der Waals surface area contributed by atoms with E-state index >= 15 is 0 Å². The van der Waals surface area contributed by atoms with Crippen molar-refractivity contribution in [3.05, 3.63) is 35.6 Å². The van der Waals surface area contributed by atoms with Gasteiger partial charge in [-0.1, -0.05) is 25.0 Å². The summed E-state index contributed by atoms with van der Waals surface area (Å²) in [5.74, 6) is -0.435. The molecule has 0 aromatic heterocycles. The van der Waals surface area contributed by atoms with Crippen molar-refractivity contribution in [2.45, 2.75) is 70.4 Å². The van der Waals surface area contributed by atoms with Crippen LogP contribution in [0.15, 0.2) is 24.3 Å². The lowest BCUT2D eigenvalue weighted by molar-refractivity contribution is -0.136. The molecule has 2 aliphatic heterocycles. The second kappa shape index (κ2) is 10.7. The molecule has 2 heterocycles. The second-order valence-corrected chi connectivity index (χ2v) is 8.46. The predicted molar refractivity (Wildman–Crippen MR) is 112 cm³/mol. The number of nitrogens with one attached hydrogen (secondary N) is 1. The zero-order chi connectivity index (χ0) is 20.6. The van der Waals surface area contributed by atoms with Gasteiger partial charge in [0.1, 0.15) is 5.82 Å². The molecule has 0 unspecified atom stereocenters. The monoisotopic (exact) mass is 403 g/mol. The van der Waals surface area contributed by atoms with E-state index in [2.05, 4.69) is 10.2 Å². The van der Waals surface area contributed by atoms with Crippen molar-refractivity contribution in [3.63, 3.8) is 0 Å². The maximum absolute atomic E-state index is 13.3. The third-order valence-corrected chi connectivity index (χ3v) is 6.14. The lowest BCUT2D eigenvalue weighted by Gasteiger charge is -2.39. The fourth-order valence-corrected chi connectivity index (χ4v) is 4.62. The summed E-state index contributed by atoms with van der Waals surface area (Å²) in [5.41, 5.74) is 0.760. The average molecular weight is 404 g/mol. The number of carbonyl (C=O) groups is 2. The molecule has 2 aliphatic rings. The van der Waals surface area contributed by atoms with Crippen molar-refractivity contribution in [2.75, 3.05) is 26.2 Å². The first kappa shape index (κ1) is 21.8. The van der Waals surface area contributed by atoms with Crippen LogP contribution in [0.5, 0.6) is 0 Å². The van der Waals surface area contributed by atoms with E-state index in [4.69, 9.17) is 0 Å². The number of nitrogens with zero attached hydrogens (tertiary/aromatic N) is 2. The van der Waals surface area contributed by atoms with Crippen LogP contribution in [0, 0.1) is 5.82 Å². The first-order chi connectivity index (χ1) is 14.0. The number of benzene rings is 1. The fourth-order valence-electron chi connectivity index (χ4n) is 4.62. The molecule has 2 amide bonds. The van der Waals surface area contributed by atoms with Crippen molar-refractivity contribution in [1.29, 1.82) is 0 Å². The molecular formula is C23H34FN3O2. The van der Waals surface area contributed by atoms with Crippen LogP contribution in [0.25, 0.3) is 0 Å². The first-order valence-corrected chi connectivity index (χ1v) is 11.1. The van der Waals surface area contributed by atoms with Crippen LogP contribution in [0.2, 0.25) is 0 Å². The van der Waals surface area contributed by atoms with Gasteiger partial charge in [-0.25, -0.2) is 4.39 Å². The molecule has 5 nitrogen and oxygen atoms in total. The van der Waals surface area contributed by atoms with E-state index < -0.39 is 6.04 Å². The molecule has 2 saturated heterocycles. The van der Waals surface area contributed by atoms with Gasteiger partial charge < -0.3 is 15.1 Å². The van der Waals surface area contributed by atoms with Gasteiger partial charge in [-0.3, -0.25) is 9.59 Å².